The maximum Gasteiger partial charge on any atom is 0.495 e. The summed E-state index contributed by atoms with van der Waals surface area (Å²) in [5.41, 5.74) is 2.10. The Morgan fingerprint density at radius 2 is 0.800 bits per heavy atom. The van der Waals surface area contributed by atoms with Crippen molar-refractivity contribution in [1.29, 1.82) is 0 Å². The van der Waals surface area contributed by atoms with Gasteiger partial charge in [0.15, 0.2) is 0 Å². The highest BCUT2D eigenvalue weighted by Crippen LogP contribution is 2.39. The smallest absolute Gasteiger partial charge is 0.480 e. The third-order valence-electron chi connectivity index (χ3n) is 15.5. The zero-order valence-corrected chi connectivity index (χ0v) is 57.2. The predicted octanol–water partition coefficient (Wildman–Crippen LogP) is 6.42. The molecule has 3 aromatic rings. The number of hydrogen-bond donors (Lipinski definition) is 6. The summed E-state index contributed by atoms with van der Waals surface area (Å²) >= 11 is 0. The van der Waals surface area contributed by atoms with Gasteiger partial charge in [-0.1, -0.05) is 42.5 Å². The average Bonchev–Trinajstić information content (AvgIpc) is 1.62. The Hall–Kier alpha value is -5.63. The van der Waals surface area contributed by atoms with Crippen LogP contribution < -0.4 is 38.2 Å². The molecule has 0 spiro atoms. The first-order chi connectivity index (χ1) is 40.5. The number of benzene rings is 3. The average molecular weight is 1260 g/mol. The number of nitrogens with one attached hydrogen (secondary N) is 2. The zero-order chi connectivity index (χ0) is 69.1. The van der Waals surface area contributed by atoms with E-state index in [1.54, 1.807) is 95.2 Å². The summed E-state index contributed by atoms with van der Waals surface area (Å²) in [6.07, 6.45) is -1.63. The van der Waals surface area contributed by atoms with E-state index >= 15 is 4.39 Å². The highest BCUT2D eigenvalue weighted by molar-refractivity contribution is 6.66. The highest BCUT2D eigenvalue weighted by Gasteiger charge is 2.55. The molecule has 3 saturated heterocycles. The number of hydrogen-bond acceptors (Lipinski definition) is 18. The molecular formula is C63H97B4F2N3O18. The number of carbonyl (C=O) groups is 5. The first kappa shape index (κ1) is 76.8. The van der Waals surface area contributed by atoms with E-state index in [0.717, 1.165) is 22.6 Å². The minimum absolute atomic E-state index is 0.00477. The first-order valence-electron chi connectivity index (χ1n) is 30.1. The number of ether oxygens (including phenoxy) is 4. The number of halogens is 2. The Labute approximate surface area is 532 Å². The fourth-order valence-corrected chi connectivity index (χ4v) is 8.66. The lowest BCUT2D eigenvalue weighted by Gasteiger charge is -2.32. The molecule has 0 bridgehead atoms. The molecule has 21 nitrogen and oxygen atoms in total. The van der Waals surface area contributed by atoms with Crippen molar-refractivity contribution >= 4 is 80.4 Å². The van der Waals surface area contributed by atoms with Gasteiger partial charge in [-0.3, -0.25) is 4.79 Å². The molecule has 3 heterocycles. The highest BCUT2D eigenvalue weighted by atomic mass is 18.2. The summed E-state index contributed by atoms with van der Waals surface area (Å²) < 4.78 is 87.7. The van der Waals surface area contributed by atoms with E-state index < -0.39 is 144 Å². The third kappa shape index (κ3) is 21.7. The van der Waals surface area contributed by atoms with Gasteiger partial charge in [0.25, 0.3) is 0 Å². The number of amides is 2. The molecule has 3 atom stereocenters. The van der Waals surface area contributed by atoms with E-state index in [-0.39, 0.29) is 35.9 Å². The molecule has 3 fully saturated rings. The molecule has 3 aromatic carbocycles. The number of aliphatic carboxylic acids is 1. The normalized spacial score (nSPS) is 19.0. The Bertz CT molecular complexity index is 2990. The number of carbonyl (C=O) groups excluding carboxylic acids is 4. The number of carboxylic acids is 1. The molecule has 498 valence electrons. The Kier molecular flexibility index (Phi) is 24.2. The van der Waals surface area contributed by atoms with Crippen molar-refractivity contribution in [3.8, 4) is 0 Å². The lowest BCUT2D eigenvalue weighted by Crippen LogP contribution is -2.49. The minimum atomic E-state index is -1.75. The topological polar surface area (TPSA) is 288 Å². The largest absolute Gasteiger partial charge is 0.495 e. The molecule has 7 N–H and O–H groups in total. The number of esters is 2. The van der Waals surface area contributed by atoms with Crippen LogP contribution in [0.25, 0.3) is 0 Å². The molecule has 0 saturated carbocycles. The van der Waals surface area contributed by atoms with Crippen molar-refractivity contribution in [2.24, 2.45) is 5.73 Å². The van der Waals surface area contributed by atoms with Crippen molar-refractivity contribution in [1.82, 2.24) is 10.6 Å². The minimum Gasteiger partial charge on any atom is -0.480 e. The second-order valence-electron chi connectivity index (χ2n) is 29.8. The van der Waals surface area contributed by atoms with Gasteiger partial charge in [0.2, 0.25) is 0 Å². The molecule has 90 heavy (non-hydrogen) atoms. The van der Waals surface area contributed by atoms with Gasteiger partial charge in [-0.25, -0.2) is 28.0 Å². The molecule has 0 radical (unpaired) electrons. The summed E-state index contributed by atoms with van der Waals surface area (Å²) in [4.78, 5) is 61.6. The predicted molar refractivity (Wildman–Crippen MR) is 341 cm³/mol. The van der Waals surface area contributed by atoms with Crippen LogP contribution in [0, 0.1) is 11.6 Å². The monoisotopic (exact) mass is 1260 g/mol. The van der Waals surface area contributed by atoms with Gasteiger partial charge in [-0.05, 0) is 217 Å². The molecule has 27 heteroatoms. The zero-order valence-electron chi connectivity index (χ0n) is 57.2. The second kappa shape index (κ2) is 28.3. The number of rotatable bonds is 15. The van der Waals surface area contributed by atoms with Crippen LogP contribution in [0.4, 0.5) is 18.4 Å². The number of carboxylic acid groups (broad SMARTS) is 1. The van der Waals surface area contributed by atoms with Crippen LogP contribution in [-0.2, 0) is 80.5 Å². The van der Waals surface area contributed by atoms with Crippen molar-refractivity contribution in [3.63, 3.8) is 0 Å². The fourth-order valence-electron chi connectivity index (χ4n) is 8.66. The maximum absolute atomic E-state index is 15.1. The Morgan fingerprint density at radius 1 is 0.489 bits per heavy atom. The fraction of sp³-hybridized carbons (Fsp3) is 0.635. The first-order valence-corrected chi connectivity index (χ1v) is 30.1. The van der Waals surface area contributed by atoms with Crippen molar-refractivity contribution < 1.29 is 94.8 Å². The van der Waals surface area contributed by atoms with Gasteiger partial charge < -0.3 is 78.4 Å². The summed E-state index contributed by atoms with van der Waals surface area (Å²) in [5.74, 6) is -3.71. The van der Waals surface area contributed by atoms with E-state index in [2.05, 4.69) is 10.6 Å². The molecule has 2 amide bonds. The number of nitrogens with two attached hydrogens (primary N) is 1. The summed E-state index contributed by atoms with van der Waals surface area (Å²) in [7, 11) is -3.79. The van der Waals surface area contributed by atoms with Crippen LogP contribution in [0.1, 0.15) is 183 Å². The van der Waals surface area contributed by atoms with Crippen molar-refractivity contribution in [2.75, 3.05) is 0 Å². The van der Waals surface area contributed by atoms with Gasteiger partial charge in [0.1, 0.15) is 52.2 Å². The molecule has 3 aliphatic rings. The maximum atomic E-state index is 15.1. The molecule has 0 unspecified atom stereocenters. The van der Waals surface area contributed by atoms with E-state index in [1.807, 2.05) is 101 Å². The Balaban J connectivity index is 0.000000314. The summed E-state index contributed by atoms with van der Waals surface area (Å²) in [6.45, 7) is 44.6. The van der Waals surface area contributed by atoms with E-state index in [1.165, 1.54) is 18.2 Å². The quantitative estimate of drug-likeness (QED) is 0.0543. The molecule has 0 aliphatic carbocycles. The summed E-state index contributed by atoms with van der Waals surface area (Å²) in [5, 5.41) is 31.3. The standard InChI is InChI=1S/C30H49B2NO8.C24H37BFNO6.C9H11BFNO4/c1-25(2,3)36-23(34)22(33-24(35)37-26(4,5)6)17-19-15-16-20(31-38-27(7,8)28(9,10)39-31)18-21(19)32-40-29(11,12)30(13,14)41-32;1-21(2,3)30-19(28)18(27-20(29)31-22(4,5)6)13-15-11-12-16(14-17(15)26)25-32-23(7,8)24(9,10)33-25;11-7-4-6(10(15)16)2-1-5(7)3-8(12)9(13)14/h15-16,18,22H,17H2,1-14H3,(H,33,35);11-12,14,18H,13H2,1-10H3,(H,27,29);1-2,4,8,15-16H,3,12H2,(H,13,14)/t22-;18-;8-/m111/s1/i;26-1;11-1. The lowest BCUT2D eigenvalue weighted by atomic mass is 9.69. The number of alkyl carbamates (subject to hydrolysis) is 2. The summed E-state index contributed by atoms with van der Waals surface area (Å²) in [6, 6.07) is 10.5. The van der Waals surface area contributed by atoms with Crippen LogP contribution in [0.3, 0.4) is 0 Å². The van der Waals surface area contributed by atoms with E-state index in [9.17, 15) is 28.4 Å². The van der Waals surface area contributed by atoms with Crippen LogP contribution in [-0.4, -0.2) is 148 Å². The lowest BCUT2D eigenvalue weighted by molar-refractivity contribution is -0.158. The van der Waals surface area contributed by atoms with Crippen molar-refractivity contribution in [3.05, 3.63) is 82.9 Å². The van der Waals surface area contributed by atoms with Crippen LogP contribution in [0.2, 0.25) is 0 Å². The van der Waals surface area contributed by atoms with E-state index in [0.29, 0.717) is 5.46 Å². The van der Waals surface area contributed by atoms with Gasteiger partial charge >= 0.3 is 58.6 Å². The van der Waals surface area contributed by atoms with Gasteiger partial charge in [0.05, 0.1) is 33.6 Å². The third-order valence-corrected chi connectivity index (χ3v) is 15.5. The second-order valence-corrected chi connectivity index (χ2v) is 29.8. The van der Waals surface area contributed by atoms with Gasteiger partial charge in [-0.15, -0.1) is 0 Å². The van der Waals surface area contributed by atoms with Gasteiger partial charge in [0, 0.05) is 19.3 Å². The van der Waals surface area contributed by atoms with E-state index in [4.69, 9.17) is 67.8 Å². The Morgan fingerprint density at radius 3 is 1.13 bits per heavy atom. The molecule has 3 aliphatic heterocycles. The SMILES string of the molecule is CC(C)(C)OC(=O)N[C@H](Cc1ccc(B2OC(C)(C)C(C)(C)O2)cc1B1OC(C)(C)C(C)(C)O1)C(=O)OC(C)(C)C.CC(C)(C)OC(=O)N[C@H](Cc1ccc(B2OC(C)(C)C(C)(C)O2)cc1[18F])C(=O)OC(C)(C)C.N[C@H](Cc1ccc(B(O)O)cc1[18F])C(=O)O. The van der Waals surface area contributed by atoms with Crippen molar-refractivity contribution in [2.45, 2.75) is 260 Å². The van der Waals surface area contributed by atoms with Crippen LogP contribution in [0.15, 0.2) is 54.6 Å². The molecule has 0 aromatic heterocycles. The molecular weight excluding hydrogens is 1170 g/mol. The van der Waals surface area contributed by atoms with Crippen LogP contribution >= 0.6 is 0 Å². The molecule has 6 rings (SSSR count). The van der Waals surface area contributed by atoms with Crippen LogP contribution in [0.5, 0.6) is 0 Å². The van der Waals surface area contributed by atoms with Gasteiger partial charge in [-0.2, -0.15) is 0 Å².